The van der Waals surface area contributed by atoms with Crippen molar-refractivity contribution in [2.75, 3.05) is 6.61 Å². The highest BCUT2D eigenvalue weighted by Gasteiger charge is 2.06. The number of aliphatic carboxylic acids is 2. The van der Waals surface area contributed by atoms with Gasteiger partial charge < -0.3 is 21.1 Å². The number of aliphatic hydroxyl groups is 1. The van der Waals surface area contributed by atoms with E-state index in [1.165, 1.54) is 0 Å². The normalized spacial score (nSPS) is 10.9. The first-order valence-corrected chi connectivity index (χ1v) is 3.26. The van der Waals surface area contributed by atoms with E-state index >= 15 is 0 Å². The molecule has 0 aliphatic carbocycles. The number of carboxylic acid groups (broad SMARTS) is 2. The number of aliphatic hydroxyl groups excluding tert-OH is 1. The average molecular weight is 179 g/mol. The minimum atomic E-state index is -1.18. The Bertz CT molecular complexity index is 147. The van der Waals surface area contributed by atoms with Crippen LogP contribution in [0, 0.1) is 0 Å². The molecule has 1 unspecified atom stereocenters. The largest absolute Gasteiger partial charge is 0.481 e. The van der Waals surface area contributed by atoms with Gasteiger partial charge in [-0.05, 0) is 0 Å². The van der Waals surface area contributed by atoms with E-state index in [1.807, 2.05) is 0 Å². The van der Waals surface area contributed by atoms with Crippen molar-refractivity contribution in [1.82, 2.24) is 0 Å². The molecule has 6 nitrogen and oxygen atoms in total. The molecule has 72 valence electrons. The summed E-state index contributed by atoms with van der Waals surface area (Å²) >= 11 is 0. The lowest BCUT2D eigenvalue weighted by molar-refractivity contribution is -0.139. The molecule has 12 heavy (non-hydrogen) atoms. The van der Waals surface area contributed by atoms with Gasteiger partial charge in [0.15, 0.2) is 0 Å². The molecule has 0 amide bonds. The van der Waals surface area contributed by atoms with Gasteiger partial charge in [-0.15, -0.1) is 0 Å². The van der Waals surface area contributed by atoms with Crippen molar-refractivity contribution >= 4 is 11.9 Å². The molecule has 0 aliphatic heterocycles. The first kappa shape index (κ1) is 13.4. The zero-order valence-electron chi connectivity index (χ0n) is 6.73. The summed E-state index contributed by atoms with van der Waals surface area (Å²) in [5, 5.41) is 23.6. The van der Waals surface area contributed by atoms with Crippen LogP contribution in [-0.2, 0) is 9.59 Å². The van der Waals surface area contributed by atoms with Crippen LogP contribution in [0.15, 0.2) is 0 Å². The quantitative estimate of drug-likeness (QED) is 0.435. The number of nitrogens with two attached hydrogens (primary N) is 1. The molecule has 1 atom stereocenters. The second-order valence-electron chi connectivity index (χ2n) is 1.87. The highest BCUT2D eigenvalue weighted by atomic mass is 16.4. The van der Waals surface area contributed by atoms with Crippen molar-refractivity contribution in [2.24, 2.45) is 5.73 Å². The Balaban J connectivity index is 0. The zero-order chi connectivity index (χ0) is 10.1. The van der Waals surface area contributed by atoms with Gasteiger partial charge in [-0.3, -0.25) is 9.59 Å². The van der Waals surface area contributed by atoms with Gasteiger partial charge in [-0.1, -0.05) is 6.92 Å². The van der Waals surface area contributed by atoms with Crippen molar-refractivity contribution < 1.29 is 24.9 Å². The molecule has 0 radical (unpaired) electrons. The molecule has 0 aromatic rings. The fraction of sp³-hybridized carbons (Fsp3) is 0.667. The summed E-state index contributed by atoms with van der Waals surface area (Å²) in [6.07, 6.45) is 0.222. The number of hydrogen-bond donors (Lipinski definition) is 4. The Morgan fingerprint density at radius 2 is 1.75 bits per heavy atom. The van der Waals surface area contributed by atoms with E-state index in [0.29, 0.717) is 0 Å². The van der Waals surface area contributed by atoms with Crippen LogP contribution in [0.25, 0.3) is 0 Å². The zero-order valence-corrected chi connectivity index (χ0v) is 6.73. The van der Waals surface area contributed by atoms with Gasteiger partial charge in [-0.2, -0.15) is 0 Å². The fourth-order valence-electron chi connectivity index (χ4n) is 0.0781. The summed E-state index contributed by atoms with van der Waals surface area (Å²) in [6.45, 7) is 1.09. The van der Waals surface area contributed by atoms with E-state index in [-0.39, 0.29) is 6.42 Å². The lowest BCUT2D eigenvalue weighted by Crippen LogP contribution is -2.33. The van der Waals surface area contributed by atoms with Crippen molar-refractivity contribution in [2.45, 2.75) is 19.4 Å². The molecule has 6 heteroatoms. The van der Waals surface area contributed by atoms with Gasteiger partial charge in [0.2, 0.25) is 0 Å². The van der Waals surface area contributed by atoms with Gasteiger partial charge >= 0.3 is 11.9 Å². The van der Waals surface area contributed by atoms with Crippen molar-refractivity contribution in [3.63, 3.8) is 0 Å². The minimum absolute atomic E-state index is 0.222. The maximum absolute atomic E-state index is 9.65. The van der Waals surface area contributed by atoms with Crippen LogP contribution in [0.4, 0.5) is 0 Å². The summed E-state index contributed by atoms with van der Waals surface area (Å²) in [5.74, 6) is -1.92. The second kappa shape index (κ2) is 7.96. The molecule has 5 N–H and O–H groups in total. The van der Waals surface area contributed by atoms with Crippen LogP contribution < -0.4 is 5.73 Å². The highest BCUT2D eigenvalue weighted by molar-refractivity contribution is 5.73. The van der Waals surface area contributed by atoms with Gasteiger partial charge in [-0.25, -0.2) is 0 Å². The lowest BCUT2D eigenvalue weighted by Gasteiger charge is -1.96. The second-order valence-corrected chi connectivity index (χ2v) is 1.87. The molecular weight excluding hydrogens is 166 g/mol. The average Bonchev–Trinajstić information content (AvgIpc) is 2.04. The smallest absolute Gasteiger partial charge is 0.322 e. The molecule has 0 fully saturated rings. The van der Waals surface area contributed by atoms with Crippen molar-refractivity contribution in [3.8, 4) is 0 Å². The molecule has 0 rings (SSSR count). The van der Waals surface area contributed by atoms with E-state index in [4.69, 9.17) is 21.1 Å². The Morgan fingerprint density at radius 1 is 1.42 bits per heavy atom. The Morgan fingerprint density at radius 3 is 1.75 bits per heavy atom. The van der Waals surface area contributed by atoms with Crippen LogP contribution >= 0.6 is 0 Å². The molecule has 0 aromatic carbocycles. The van der Waals surface area contributed by atoms with E-state index in [9.17, 15) is 9.59 Å². The number of carboxylic acids is 2. The molecule has 0 spiro atoms. The van der Waals surface area contributed by atoms with Gasteiger partial charge in [0.1, 0.15) is 6.04 Å². The van der Waals surface area contributed by atoms with E-state index < -0.39 is 24.6 Å². The third-order valence-corrected chi connectivity index (χ3v) is 0.816. The molecule has 0 aromatic heterocycles. The Kier molecular flexibility index (Phi) is 8.92. The van der Waals surface area contributed by atoms with Gasteiger partial charge in [0, 0.05) is 6.42 Å². The SMILES string of the molecule is CCC(=O)O.NC(CO)C(=O)O. The van der Waals surface area contributed by atoms with Crippen LogP contribution in [0.1, 0.15) is 13.3 Å². The summed E-state index contributed by atoms with van der Waals surface area (Å²) in [7, 11) is 0. The van der Waals surface area contributed by atoms with Crippen molar-refractivity contribution in [3.05, 3.63) is 0 Å². The molecular formula is C6H13NO5. The molecule has 0 bridgehead atoms. The predicted molar refractivity (Wildman–Crippen MR) is 40.6 cm³/mol. The number of carbonyl (C=O) groups is 2. The first-order valence-electron chi connectivity index (χ1n) is 3.26. The molecule has 0 aliphatic rings. The monoisotopic (exact) mass is 179 g/mol. The van der Waals surface area contributed by atoms with E-state index in [0.717, 1.165) is 0 Å². The summed E-state index contributed by atoms with van der Waals surface area (Å²) in [6, 6.07) is -1.13. The van der Waals surface area contributed by atoms with Gasteiger partial charge in [0.05, 0.1) is 6.61 Å². The lowest BCUT2D eigenvalue weighted by atomic mass is 10.3. The van der Waals surface area contributed by atoms with Crippen LogP contribution in [-0.4, -0.2) is 39.9 Å². The standard InChI is InChI=1S/C3H7NO3.C3H6O2/c4-2(1-5)3(6)7;1-2-3(4)5/h2,5H,1,4H2,(H,6,7);2H2,1H3,(H,4,5). The molecule has 0 heterocycles. The van der Waals surface area contributed by atoms with Crippen molar-refractivity contribution in [1.29, 1.82) is 0 Å². The topological polar surface area (TPSA) is 121 Å². The Labute approximate surface area is 69.6 Å². The summed E-state index contributed by atoms with van der Waals surface area (Å²) in [4.78, 5) is 19.0. The molecule has 0 saturated carbocycles. The third-order valence-electron chi connectivity index (χ3n) is 0.816. The summed E-state index contributed by atoms with van der Waals surface area (Å²) in [5.41, 5.74) is 4.77. The predicted octanol–water partition coefficient (Wildman–Crippen LogP) is -1.13. The highest BCUT2D eigenvalue weighted by Crippen LogP contribution is 1.71. The van der Waals surface area contributed by atoms with E-state index in [1.54, 1.807) is 6.92 Å². The fourth-order valence-corrected chi connectivity index (χ4v) is 0.0781. The third kappa shape index (κ3) is 11.6. The van der Waals surface area contributed by atoms with Crippen LogP contribution in [0.2, 0.25) is 0 Å². The van der Waals surface area contributed by atoms with E-state index in [2.05, 4.69) is 0 Å². The minimum Gasteiger partial charge on any atom is -0.481 e. The van der Waals surface area contributed by atoms with Crippen LogP contribution in [0.3, 0.4) is 0 Å². The van der Waals surface area contributed by atoms with Gasteiger partial charge in [0.25, 0.3) is 0 Å². The number of rotatable bonds is 3. The maximum Gasteiger partial charge on any atom is 0.322 e. The number of hydrogen-bond acceptors (Lipinski definition) is 4. The Hall–Kier alpha value is -1.14. The van der Waals surface area contributed by atoms with Crippen LogP contribution in [0.5, 0.6) is 0 Å². The maximum atomic E-state index is 9.65. The molecule has 0 saturated heterocycles. The first-order chi connectivity index (χ1) is 5.45. The summed E-state index contributed by atoms with van der Waals surface area (Å²) < 4.78 is 0.